The first-order chi connectivity index (χ1) is 11.6. The van der Waals surface area contributed by atoms with Gasteiger partial charge in [0.2, 0.25) is 0 Å². The molecule has 0 amide bonds. The van der Waals surface area contributed by atoms with E-state index in [-0.39, 0.29) is 11.9 Å². The summed E-state index contributed by atoms with van der Waals surface area (Å²) in [5.74, 6) is -0.339. The molecule has 0 saturated carbocycles. The summed E-state index contributed by atoms with van der Waals surface area (Å²) in [7, 11) is 0. The van der Waals surface area contributed by atoms with Gasteiger partial charge in [0.15, 0.2) is 0 Å². The molecule has 0 spiro atoms. The van der Waals surface area contributed by atoms with E-state index in [2.05, 4.69) is 0 Å². The Labute approximate surface area is 148 Å². The molecule has 0 N–H and O–H groups in total. The predicted molar refractivity (Wildman–Crippen MR) is 97.9 cm³/mol. The van der Waals surface area contributed by atoms with E-state index in [1.54, 1.807) is 0 Å². The van der Waals surface area contributed by atoms with E-state index in [0.29, 0.717) is 13.2 Å². The molecule has 0 unspecified atom stereocenters. The van der Waals surface area contributed by atoms with Crippen LogP contribution in [0.2, 0.25) is 0 Å². The van der Waals surface area contributed by atoms with E-state index < -0.39 is 0 Å². The average molecular weight is 343 g/mol. The molecule has 4 nitrogen and oxygen atoms in total. The van der Waals surface area contributed by atoms with Crippen LogP contribution < -0.4 is 0 Å². The lowest BCUT2D eigenvalue weighted by Gasteiger charge is -2.04. The number of carbonyl (C=O) groups is 2. The van der Waals surface area contributed by atoms with Gasteiger partial charge in [0.25, 0.3) is 0 Å². The third-order valence-electron chi connectivity index (χ3n) is 4.15. The molecule has 0 saturated heterocycles. The van der Waals surface area contributed by atoms with Gasteiger partial charge in [-0.15, -0.1) is 0 Å². The maximum Gasteiger partial charge on any atom is 0.302 e. The molecule has 142 valence electrons. The first-order valence-corrected chi connectivity index (χ1v) is 9.89. The van der Waals surface area contributed by atoms with Crippen LogP contribution in [0, 0.1) is 0 Å². The van der Waals surface area contributed by atoms with Crippen molar-refractivity contribution in [2.45, 2.75) is 104 Å². The van der Waals surface area contributed by atoms with E-state index in [1.165, 1.54) is 90.9 Å². The molecular weight excluding hydrogens is 304 g/mol. The Morgan fingerprint density at radius 3 is 0.875 bits per heavy atom. The van der Waals surface area contributed by atoms with Crippen LogP contribution in [0.3, 0.4) is 0 Å². The minimum absolute atomic E-state index is 0.169. The molecule has 0 fully saturated rings. The SMILES string of the molecule is CC(=O)OCCCCCCCCCCCCCCCCOC(C)=O. The van der Waals surface area contributed by atoms with Gasteiger partial charge in [0, 0.05) is 13.8 Å². The van der Waals surface area contributed by atoms with Crippen molar-refractivity contribution >= 4 is 11.9 Å². The third kappa shape index (κ3) is 20.9. The minimum Gasteiger partial charge on any atom is -0.466 e. The Bertz CT molecular complexity index is 272. The highest BCUT2D eigenvalue weighted by atomic mass is 16.5. The normalized spacial score (nSPS) is 10.6. The topological polar surface area (TPSA) is 52.6 Å². The molecule has 0 bridgehead atoms. The van der Waals surface area contributed by atoms with Gasteiger partial charge < -0.3 is 9.47 Å². The lowest BCUT2D eigenvalue weighted by Crippen LogP contribution is -2.00. The Morgan fingerprint density at radius 1 is 0.458 bits per heavy atom. The summed E-state index contributed by atoms with van der Waals surface area (Å²) in [6, 6.07) is 0. The van der Waals surface area contributed by atoms with Crippen LogP contribution in [-0.4, -0.2) is 25.2 Å². The second-order valence-electron chi connectivity index (χ2n) is 6.63. The zero-order valence-corrected chi connectivity index (χ0v) is 15.9. The first-order valence-electron chi connectivity index (χ1n) is 9.89. The van der Waals surface area contributed by atoms with Crippen molar-refractivity contribution in [2.75, 3.05) is 13.2 Å². The van der Waals surface area contributed by atoms with Crippen LogP contribution in [0.5, 0.6) is 0 Å². The average Bonchev–Trinajstić information content (AvgIpc) is 2.53. The van der Waals surface area contributed by atoms with Crippen LogP contribution in [0.4, 0.5) is 0 Å². The van der Waals surface area contributed by atoms with E-state index in [4.69, 9.17) is 9.47 Å². The smallest absolute Gasteiger partial charge is 0.302 e. The second kappa shape index (κ2) is 18.3. The Balaban J connectivity index is 3.00. The summed E-state index contributed by atoms with van der Waals surface area (Å²) in [4.78, 5) is 21.2. The standard InChI is InChI=1S/C20H38O4/c1-19(21)23-17-15-13-11-9-7-5-3-4-6-8-10-12-14-16-18-24-20(2)22/h3-18H2,1-2H3. The van der Waals surface area contributed by atoms with Gasteiger partial charge in [-0.3, -0.25) is 9.59 Å². The van der Waals surface area contributed by atoms with Gasteiger partial charge >= 0.3 is 11.9 Å². The Morgan fingerprint density at radius 2 is 0.667 bits per heavy atom. The Kier molecular flexibility index (Phi) is 17.5. The van der Waals surface area contributed by atoms with E-state index in [9.17, 15) is 9.59 Å². The zero-order valence-electron chi connectivity index (χ0n) is 15.9. The van der Waals surface area contributed by atoms with E-state index in [1.807, 2.05) is 0 Å². The van der Waals surface area contributed by atoms with Crippen molar-refractivity contribution in [3.05, 3.63) is 0 Å². The highest BCUT2D eigenvalue weighted by Crippen LogP contribution is 2.13. The molecule has 0 aromatic rings. The van der Waals surface area contributed by atoms with Crippen molar-refractivity contribution in [3.8, 4) is 0 Å². The highest BCUT2D eigenvalue weighted by Gasteiger charge is 1.96. The number of carbonyl (C=O) groups excluding carboxylic acids is 2. The quantitative estimate of drug-likeness (QED) is 0.256. The molecule has 0 aliphatic rings. The fourth-order valence-electron chi connectivity index (χ4n) is 2.76. The zero-order chi connectivity index (χ0) is 17.9. The summed E-state index contributed by atoms with van der Waals surface area (Å²) in [6.45, 7) is 4.09. The molecule has 0 atom stereocenters. The summed E-state index contributed by atoms with van der Waals surface area (Å²) >= 11 is 0. The largest absolute Gasteiger partial charge is 0.466 e. The first kappa shape index (κ1) is 22.9. The van der Waals surface area contributed by atoms with Crippen LogP contribution in [0.15, 0.2) is 0 Å². The lowest BCUT2D eigenvalue weighted by molar-refractivity contribution is -0.142. The number of unbranched alkanes of at least 4 members (excludes halogenated alkanes) is 13. The maximum atomic E-state index is 10.6. The molecule has 0 heterocycles. The van der Waals surface area contributed by atoms with Crippen LogP contribution in [0.25, 0.3) is 0 Å². The fourth-order valence-corrected chi connectivity index (χ4v) is 2.76. The van der Waals surface area contributed by atoms with Crippen molar-refractivity contribution < 1.29 is 19.1 Å². The number of esters is 2. The van der Waals surface area contributed by atoms with Crippen molar-refractivity contribution in [2.24, 2.45) is 0 Å². The van der Waals surface area contributed by atoms with Gasteiger partial charge in [0.05, 0.1) is 13.2 Å². The lowest BCUT2D eigenvalue weighted by atomic mass is 10.0. The number of ether oxygens (including phenoxy) is 2. The summed E-state index contributed by atoms with van der Waals surface area (Å²) < 4.78 is 9.82. The number of rotatable bonds is 17. The van der Waals surface area contributed by atoms with Crippen molar-refractivity contribution in [3.63, 3.8) is 0 Å². The van der Waals surface area contributed by atoms with Gasteiger partial charge in [0.1, 0.15) is 0 Å². The minimum atomic E-state index is -0.169. The van der Waals surface area contributed by atoms with Gasteiger partial charge in [-0.05, 0) is 12.8 Å². The Hall–Kier alpha value is -1.06. The molecule has 4 heteroatoms. The molecule has 0 aliphatic carbocycles. The van der Waals surface area contributed by atoms with Crippen LogP contribution in [-0.2, 0) is 19.1 Å². The van der Waals surface area contributed by atoms with Crippen molar-refractivity contribution in [1.29, 1.82) is 0 Å². The summed E-state index contributed by atoms with van der Waals surface area (Å²) in [5.41, 5.74) is 0. The predicted octanol–water partition coefficient (Wildman–Crippen LogP) is 5.57. The van der Waals surface area contributed by atoms with Crippen LogP contribution >= 0.6 is 0 Å². The van der Waals surface area contributed by atoms with Gasteiger partial charge in [-0.25, -0.2) is 0 Å². The summed E-state index contributed by atoms with van der Waals surface area (Å²) in [5, 5.41) is 0. The van der Waals surface area contributed by atoms with Crippen LogP contribution in [0.1, 0.15) is 104 Å². The molecule has 0 aromatic heterocycles. The molecular formula is C20H38O4. The molecule has 24 heavy (non-hydrogen) atoms. The monoisotopic (exact) mass is 342 g/mol. The third-order valence-corrected chi connectivity index (χ3v) is 4.15. The van der Waals surface area contributed by atoms with Crippen molar-refractivity contribution in [1.82, 2.24) is 0 Å². The fraction of sp³-hybridized carbons (Fsp3) is 0.900. The maximum absolute atomic E-state index is 10.6. The van der Waals surface area contributed by atoms with E-state index >= 15 is 0 Å². The molecule has 0 rings (SSSR count). The summed E-state index contributed by atoms with van der Waals surface area (Å²) in [6.07, 6.45) is 17.6. The number of hydrogen-bond acceptors (Lipinski definition) is 4. The number of hydrogen-bond donors (Lipinski definition) is 0. The molecule has 0 aliphatic heterocycles. The second-order valence-corrected chi connectivity index (χ2v) is 6.63. The van der Waals surface area contributed by atoms with E-state index in [0.717, 1.165) is 12.8 Å². The van der Waals surface area contributed by atoms with Gasteiger partial charge in [-0.2, -0.15) is 0 Å². The van der Waals surface area contributed by atoms with Gasteiger partial charge in [-0.1, -0.05) is 77.0 Å². The molecule has 0 radical (unpaired) electrons. The highest BCUT2D eigenvalue weighted by molar-refractivity contribution is 5.66. The molecule has 0 aromatic carbocycles.